The minimum Gasteiger partial charge on any atom is -0.453 e. The third-order valence-electron chi connectivity index (χ3n) is 11.7. The largest absolute Gasteiger partial charge is 0.453 e. The number of alkyl carbamates (subject to hydrolysis) is 1. The van der Waals surface area contributed by atoms with Crippen molar-refractivity contribution in [2.75, 3.05) is 27.2 Å². The number of imidazole rings is 2. The zero-order valence-corrected chi connectivity index (χ0v) is 33.2. The van der Waals surface area contributed by atoms with Crippen LogP contribution in [0.25, 0.3) is 16.8 Å². The van der Waals surface area contributed by atoms with E-state index in [1.54, 1.807) is 7.05 Å². The average Bonchev–Trinajstić information content (AvgIpc) is 4.02. The number of methoxy groups -OCH3 is 1. The third kappa shape index (κ3) is 8.42. The molecular weight excluding hydrogens is 699 g/mol. The summed E-state index contributed by atoms with van der Waals surface area (Å²) in [7, 11) is 2.84. The van der Waals surface area contributed by atoms with Crippen molar-refractivity contribution in [3.05, 3.63) is 65.6 Å². The molecule has 4 heterocycles. The second kappa shape index (κ2) is 16.7. The van der Waals surface area contributed by atoms with E-state index in [2.05, 4.69) is 63.2 Å². The van der Waals surface area contributed by atoms with Crippen LogP contribution < -0.4 is 16.0 Å². The van der Waals surface area contributed by atoms with E-state index in [-0.39, 0.29) is 47.2 Å². The molecule has 1 unspecified atom stereocenters. The maximum absolute atomic E-state index is 13.6. The van der Waals surface area contributed by atoms with Crippen molar-refractivity contribution in [2.45, 2.75) is 109 Å². The zero-order valence-electron chi connectivity index (χ0n) is 33.2. The van der Waals surface area contributed by atoms with E-state index in [4.69, 9.17) is 14.7 Å². The summed E-state index contributed by atoms with van der Waals surface area (Å²) < 4.78 is 4.76. The molecule has 5 atom stereocenters. The molecular formula is C41H57N9O5. The Morgan fingerprint density at radius 3 is 1.89 bits per heavy atom. The van der Waals surface area contributed by atoms with Crippen molar-refractivity contribution in [1.82, 2.24) is 45.7 Å². The van der Waals surface area contributed by atoms with Gasteiger partial charge in [-0.05, 0) is 78.9 Å². The Hall–Kier alpha value is -5.14. The number of hydrogen-bond acceptors (Lipinski definition) is 7. The number of nitrogens with zero attached hydrogens (tertiary/aromatic N) is 4. The lowest BCUT2D eigenvalue weighted by molar-refractivity contribution is -0.136. The second-order valence-corrected chi connectivity index (χ2v) is 16.1. The number of nitrogens with one attached hydrogen (secondary N) is 5. The van der Waals surface area contributed by atoms with Gasteiger partial charge in [0.25, 0.3) is 0 Å². The molecule has 2 fully saturated rings. The molecule has 3 aliphatic rings. The van der Waals surface area contributed by atoms with Crippen LogP contribution in [0.2, 0.25) is 0 Å². The number of aromatic amines is 2. The molecule has 1 aliphatic carbocycles. The molecule has 55 heavy (non-hydrogen) atoms. The van der Waals surface area contributed by atoms with Gasteiger partial charge in [-0.2, -0.15) is 0 Å². The molecule has 2 aliphatic heterocycles. The predicted octanol–water partition coefficient (Wildman–Crippen LogP) is 5.99. The number of aromatic nitrogens is 4. The standard InChI is InChI=1S/C41H57N9O5/c1-24(2)33(47-39(53)42-6)37(51)49-20-8-10-31(49)36-44-23-30(46-36)27-16-18-41(5,19-17-27)28-14-12-26(13-15-28)29-22-43-35(45-29)32-11-9-21-50(32)38(52)34(25(3)4)48-40(54)55-7/h12-16,22-25,31-34H,8-11,17-21H2,1-7H3,(H,43,45)(H,44,46)(H,48,54)(H2,42,47,53)/t31-,32-,33-,34-,41?/m0/s1. The highest BCUT2D eigenvalue weighted by Crippen LogP contribution is 2.42. The first kappa shape index (κ1) is 39.6. The molecule has 2 saturated heterocycles. The summed E-state index contributed by atoms with van der Waals surface area (Å²) in [6.45, 7) is 11.3. The maximum atomic E-state index is 13.6. The molecule has 14 heteroatoms. The van der Waals surface area contributed by atoms with Gasteiger partial charge in [-0.1, -0.05) is 65.0 Å². The number of hydrogen-bond donors (Lipinski definition) is 5. The Labute approximate surface area is 323 Å². The zero-order chi connectivity index (χ0) is 39.4. The first-order chi connectivity index (χ1) is 26.3. The lowest BCUT2D eigenvalue weighted by atomic mass is 9.71. The summed E-state index contributed by atoms with van der Waals surface area (Å²) in [5.74, 6) is 1.18. The van der Waals surface area contributed by atoms with Crippen LogP contribution in [0.1, 0.15) is 115 Å². The van der Waals surface area contributed by atoms with Gasteiger partial charge >= 0.3 is 12.1 Å². The van der Waals surface area contributed by atoms with Crippen LogP contribution in [0.15, 0.2) is 42.7 Å². The molecule has 0 saturated carbocycles. The first-order valence-electron chi connectivity index (χ1n) is 19.7. The van der Waals surface area contributed by atoms with Crippen LogP contribution >= 0.6 is 0 Å². The normalized spacial score (nSPS) is 22.4. The molecule has 5 N–H and O–H groups in total. The van der Waals surface area contributed by atoms with Gasteiger partial charge in [0.15, 0.2) is 0 Å². The lowest BCUT2D eigenvalue weighted by Crippen LogP contribution is -2.53. The number of carbonyl (C=O) groups is 4. The van der Waals surface area contributed by atoms with Crippen molar-refractivity contribution in [3.8, 4) is 11.3 Å². The van der Waals surface area contributed by atoms with Gasteiger partial charge in [0, 0.05) is 20.1 Å². The van der Waals surface area contributed by atoms with Gasteiger partial charge in [-0.3, -0.25) is 9.59 Å². The van der Waals surface area contributed by atoms with Crippen molar-refractivity contribution in [1.29, 1.82) is 0 Å². The van der Waals surface area contributed by atoms with Gasteiger partial charge in [0.1, 0.15) is 23.7 Å². The molecule has 14 nitrogen and oxygen atoms in total. The number of amides is 5. The Morgan fingerprint density at radius 1 is 0.836 bits per heavy atom. The molecule has 3 aromatic rings. The maximum Gasteiger partial charge on any atom is 0.407 e. The summed E-state index contributed by atoms with van der Waals surface area (Å²) >= 11 is 0. The minimum absolute atomic E-state index is 0.0295. The van der Waals surface area contributed by atoms with Gasteiger partial charge < -0.3 is 40.5 Å². The van der Waals surface area contributed by atoms with Crippen molar-refractivity contribution in [2.24, 2.45) is 11.8 Å². The third-order valence-corrected chi connectivity index (χ3v) is 11.7. The van der Waals surface area contributed by atoms with E-state index in [1.807, 2.05) is 49.9 Å². The van der Waals surface area contributed by atoms with E-state index in [1.165, 1.54) is 18.2 Å². The molecule has 0 spiro atoms. The fraction of sp³-hybridized carbons (Fsp3) is 0.561. The number of urea groups is 1. The van der Waals surface area contributed by atoms with Crippen LogP contribution in [-0.4, -0.2) is 93.0 Å². The minimum atomic E-state index is -0.678. The van der Waals surface area contributed by atoms with Gasteiger partial charge in [0.05, 0.1) is 43.0 Å². The van der Waals surface area contributed by atoms with Crippen molar-refractivity contribution >= 4 is 29.5 Å². The van der Waals surface area contributed by atoms with Gasteiger partial charge in [0.2, 0.25) is 11.8 Å². The van der Waals surface area contributed by atoms with Crippen LogP contribution in [0.4, 0.5) is 9.59 Å². The first-order valence-corrected chi connectivity index (χ1v) is 19.7. The lowest BCUT2D eigenvalue weighted by Gasteiger charge is -2.33. The Balaban J connectivity index is 1.09. The quantitative estimate of drug-likeness (QED) is 0.160. The molecule has 0 bridgehead atoms. The Bertz CT molecular complexity index is 1880. The summed E-state index contributed by atoms with van der Waals surface area (Å²) in [6, 6.07) is 6.68. The number of ether oxygens (including phenoxy) is 1. The Kier molecular flexibility index (Phi) is 12.0. The van der Waals surface area contributed by atoms with E-state index < -0.39 is 18.2 Å². The van der Waals surface area contributed by atoms with Crippen LogP contribution in [0.3, 0.4) is 0 Å². The van der Waals surface area contributed by atoms with Crippen LogP contribution in [0.5, 0.6) is 0 Å². The second-order valence-electron chi connectivity index (χ2n) is 16.1. The molecule has 6 rings (SSSR count). The fourth-order valence-electron chi connectivity index (χ4n) is 8.26. The summed E-state index contributed by atoms with van der Waals surface area (Å²) in [4.78, 5) is 71.4. The SMILES string of the molecule is CNC(=O)N[C@H](C(=O)N1CCC[C@H]1c1ncc(C2=CCC(C)(c3ccc(-c4cnc([C@@H]5CCCN5C(=O)[C@@H](NC(=O)OC)C(C)C)[nH]4)cc3)CC2)[nH]1)C(C)C. The molecule has 296 valence electrons. The van der Waals surface area contributed by atoms with Crippen LogP contribution in [-0.2, 0) is 19.7 Å². The molecule has 2 aromatic heterocycles. The highest BCUT2D eigenvalue weighted by atomic mass is 16.5. The number of H-pyrrole nitrogens is 2. The monoisotopic (exact) mass is 755 g/mol. The van der Waals surface area contributed by atoms with E-state index in [9.17, 15) is 19.2 Å². The highest BCUT2D eigenvalue weighted by Gasteiger charge is 2.39. The molecule has 1 aromatic carbocycles. The Morgan fingerprint density at radius 2 is 1.38 bits per heavy atom. The molecule has 5 amide bonds. The van der Waals surface area contributed by atoms with Crippen LogP contribution in [0, 0.1) is 11.8 Å². The number of benzene rings is 1. The highest BCUT2D eigenvalue weighted by molar-refractivity contribution is 5.88. The number of allylic oxidation sites excluding steroid dienone is 2. The number of carbonyl (C=O) groups excluding carboxylic acids is 4. The number of rotatable bonds is 11. The van der Waals surface area contributed by atoms with E-state index >= 15 is 0 Å². The fourth-order valence-corrected chi connectivity index (χ4v) is 8.26. The van der Waals surface area contributed by atoms with Gasteiger partial charge in [-0.25, -0.2) is 19.6 Å². The topological polar surface area (TPSA) is 177 Å². The van der Waals surface area contributed by atoms with E-state index in [0.29, 0.717) is 13.1 Å². The smallest absolute Gasteiger partial charge is 0.407 e. The predicted molar refractivity (Wildman–Crippen MR) is 210 cm³/mol. The summed E-state index contributed by atoms with van der Waals surface area (Å²) in [5.41, 5.74) is 5.38. The van der Waals surface area contributed by atoms with Crippen molar-refractivity contribution in [3.63, 3.8) is 0 Å². The number of likely N-dealkylation sites (tertiary alicyclic amines) is 2. The molecule has 0 radical (unpaired) electrons. The van der Waals surface area contributed by atoms with Crippen molar-refractivity contribution < 1.29 is 23.9 Å². The van der Waals surface area contributed by atoms with E-state index in [0.717, 1.165) is 73.5 Å². The summed E-state index contributed by atoms with van der Waals surface area (Å²) in [6.07, 6.45) is 11.5. The van der Waals surface area contributed by atoms with Gasteiger partial charge in [-0.15, -0.1) is 0 Å². The summed E-state index contributed by atoms with van der Waals surface area (Å²) in [5, 5.41) is 8.08. The average molecular weight is 756 g/mol.